The molecule has 2 heterocycles. The number of carbonyl (C=O) groups excluding carboxylic acids is 1. The molecule has 0 aliphatic rings. The van der Waals surface area contributed by atoms with Crippen molar-refractivity contribution in [2.75, 3.05) is 13.7 Å². The molecule has 0 aliphatic carbocycles. The Morgan fingerprint density at radius 1 is 1.56 bits per heavy atom. The Balaban J connectivity index is 2.52. The first-order valence-electron chi connectivity index (χ1n) is 5.39. The monoisotopic (exact) mass is 251 g/mol. The van der Waals surface area contributed by atoms with E-state index in [1.54, 1.807) is 6.92 Å². The largest absolute Gasteiger partial charge is 0.494 e. The molecule has 0 saturated carbocycles. The minimum absolute atomic E-state index is 0.0601. The summed E-state index contributed by atoms with van der Waals surface area (Å²) in [5.41, 5.74) is 0.833. The molecule has 0 unspecified atom stereocenters. The van der Waals surface area contributed by atoms with Gasteiger partial charge in [0.15, 0.2) is 17.2 Å². The van der Waals surface area contributed by atoms with Crippen LogP contribution >= 0.6 is 0 Å². The molecule has 1 N–H and O–H groups in total. The molecule has 0 fully saturated rings. The summed E-state index contributed by atoms with van der Waals surface area (Å²) >= 11 is 0. The molecule has 7 nitrogen and oxygen atoms in total. The van der Waals surface area contributed by atoms with Crippen molar-refractivity contribution in [3.05, 3.63) is 23.8 Å². The topological polar surface area (TPSA) is 86.0 Å². The van der Waals surface area contributed by atoms with Crippen LogP contribution in [0.15, 0.2) is 12.4 Å². The Morgan fingerprint density at radius 3 is 3.00 bits per heavy atom. The van der Waals surface area contributed by atoms with Gasteiger partial charge in [-0.2, -0.15) is 0 Å². The zero-order valence-electron chi connectivity index (χ0n) is 10.1. The van der Waals surface area contributed by atoms with Crippen LogP contribution in [0.5, 0.6) is 5.88 Å². The summed E-state index contributed by atoms with van der Waals surface area (Å²) in [7, 11) is 1.52. The third-order valence-corrected chi connectivity index (χ3v) is 2.30. The Labute approximate surface area is 103 Å². The summed E-state index contributed by atoms with van der Waals surface area (Å²) in [6.45, 7) is 2.19. The molecule has 0 aromatic carbocycles. The lowest BCUT2D eigenvalue weighted by molar-refractivity contribution is 0.0522. The molecule has 7 heteroatoms. The van der Waals surface area contributed by atoms with E-state index < -0.39 is 5.97 Å². The highest BCUT2D eigenvalue weighted by Gasteiger charge is 2.18. The second-order valence-corrected chi connectivity index (χ2v) is 3.55. The summed E-state index contributed by atoms with van der Waals surface area (Å²) in [6.07, 6.45) is 1.32. The Kier molecular flexibility index (Phi) is 3.42. The van der Waals surface area contributed by atoms with Crippen LogP contribution in [-0.4, -0.2) is 39.2 Å². The number of aromatic nitrogens is 3. The van der Waals surface area contributed by atoms with Crippen LogP contribution in [0.25, 0.3) is 5.65 Å². The van der Waals surface area contributed by atoms with E-state index in [0.717, 1.165) is 0 Å². The molecule has 0 atom stereocenters. The van der Waals surface area contributed by atoms with E-state index in [1.165, 1.54) is 23.9 Å². The minimum atomic E-state index is -0.568. The Morgan fingerprint density at radius 2 is 2.33 bits per heavy atom. The van der Waals surface area contributed by atoms with E-state index >= 15 is 0 Å². The fourth-order valence-electron chi connectivity index (χ4n) is 1.57. The Bertz CT molecular complexity index is 579. The van der Waals surface area contributed by atoms with Gasteiger partial charge < -0.3 is 14.6 Å². The fourth-order valence-corrected chi connectivity index (χ4v) is 1.57. The van der Waals surface area contributed by atoms with Gasteiger partial charge in [0.1, 0.15) is 6.33 Å². The summed E-state index contributed by atoms with van der Waals surface area (Å²) in [6, 6.07) is 1.45. The van der Waals surface area contributed by atoms with Crippen LogP contribution in [0, 0.1) is 0 Å². The van der Waals surface area contributed by atoms with E-state index in [9.17, 15) is 9.90 Å². The van der Waals surface area contributed by atoms with Gasteiger partial charge in [0.05, 0.1) is 18.9 Å². The van der Waals surface area contributed by atoms with Crippen LogP contribution in [0.3, 0.4) is 0 Å². The molecular weight excluding hydrogens is 238 g/mol. The molecule has 0 spiro atoms. The van der Waals surface area contributed by atoms with Gasteiger partial charge in [-0.15, -0.1) is 0 Å². The summed E-state index contributed by atoms with van der Waals surface area (Å²) in [5, 5.41) is 9.78. The number of aromatic hydroxyl groups is 1. The maximum atomic E-state index is 11.6. The molecule has 0 amide bonds. The van der Waals surface area contributed by atoms with Crippen molar-refractivity contribution in [3.8, 4) is 5.88 Å². The van der Waals surface area contributed by atoms with Crippen molar-refractivity contribution in [1.29, 1.82) is 0 Å². The number of esters is 1. The molecule has 0 radical (unpaired) electrons. The maximum absolute atomic E-state index is 11.6. The van der Waals surface area contributed by atoms with Gasteiger partial charge in [0, 0.05) is 13.2 Å². The smallest absolute Gasteiger partial charge is 0.360 e. The molecule has 0 aliphatic heterocycles. The quantitative estimate of drug-likeness (QED) is 0.807. The van der Waals surface area contributed by atoms with Crippen molar-refractivity contribution < 1.29 is 19.4 Å². The number of methoxy groups -OCH3 is 1. The first-order valence-corrected chi connectivity index (χ1v) is 5.39. The van der Waals surface area contributed by atoms with E-state index in [-0.39, 0.29) is 30.4 Å². The second kappa shape index (κ2) is 5.01. The third kappa shape index (κ3) is 2.12. The van der Waals surface area contributed by atoms with Gasteiger partial charge in [0.2, 0.25) is 0 Å². The van der Waals surface area contributed by atoms with Crippen molar-refractivity contribution in [2.45, 2.75) is 13.5 Å². The molecule has 2 aromatic rings. The van der Waals surface area contributed by atoms with Crippen LogP contribution in [0.1, 0.15) is 23.1 Å². The zero-order chi connectivity index (χ0) is 13.1. The molecular formula is C11H13N3O4. The van der Waals surface area contributed by atoms with Gasteiger partial charge in [-0.3, -0.25) is 4.40 Å². The van der Waals surface area contributed by atoms with Crippen molar-refractivity contribution in [1.82, 2.24) is 14.4 Å². The average Bonchev–Trinajstić information content (AvgIpc) is 2.74. The number of hydrogen-bond acceptors (Lipinski definition) is 6. The van der Waals surface area contributed by atoms with Crippen molar-refractivity contribution in [2.24, 2.45) is 0 Å². The number of hydrogen-bond donors (Lipinski definition) is 1. The van der Waals surface area contributed by atoms with Crippen LogP contribution in [0.4, 0.5) is 0 Å². The standard InChI is InChI=1S/C11H13N3O4/c1-3-18-11(16)9-10-13-7(5-17-2)4-8(15)14(10)6-12-9/h4,6,15H,3,5H2,1-2H3. The molecule has 96 valence electrons. The van der Waals surface area contributed by atoms with Gasteiger partial charge in [-0.05, 0) is 6.92 Å². The molecule has 0 bridgehead atoms. The first-order chi connectivity index (χ1) is 8.67. The summed E-state index contributed by atoms with van der Waals surface area (Å²) in [4.78, 5) is 19.8. The van der Waals surface area contributed by atoms with Gasteiger partial charge in [0.25, 0.3) is 0 Å². The van der Waals surface area contributed by atoms with E-state index in [2.05, 4.69) is 9.97 Å². The SMILES string of the molecule is CCOC(=O)c1ncn2c(O)cc(COC)nc12. The van der Waals surface area contributed by atoms with Crippen LogP contribution in [0.2, 0.25) is 0 Å². The maximum Gasteiger partial charge on any atom is 0.360 e. The predicted octanol–water partition coefficient (Wildman–Crippen LogP) is 0.758. The van der Waals surface area contributed by atoms with E-state index in [4.69, 9.17) is 9.47 Å². The number of nitrogens with zero attached hydrogens (tertiary/aromatic N) is 3. The van der Waals surface area contributed by atoms with E-state index in [1.807, 2.05) is 0 Å². The summed E-state index contributed by atoms with van der Waals surface area (Å²) in [5.74, 6) is -0.628. The lowest BCUT2D eigenvalue weighted by atomic mass is 10.4. The summed E-state index contributed by atoms with van der Waals surface area (Å²) < 4.78 is 11.1. The molecule has 18 heavy (non-hydrogen) atoms. The van der Waals surface area contributed by atoms with Crippen LogP contribution in [-0.2, 0) is 16.1 Å². The highest BCUT2D eigenvalue weighted by atomic mass is 16.5. The molecule has 0 saturated heterocycles. The molecule has 2 aromatic heterocycles. The highest BCUT2D eigenvalue weighted by Crippen LogP contribution is 2.17. The van der Waals surface area contributed by atoms with E-state index in [0.29, 0.717) is 5.69 Å². The zero-order valence-corrected chi connectivity index (χ0v) is 10.1. The Hall–Kier alpha value is -2.15. The molecule has 2 rings (SSSR count). The lowest BCUT2D eigenvalue weighted by Gasteiger charge is -2.04. The van der Waals surface area contributed by atoms with Gasteiger partial charge >= 0.3 is 5.97 Å². The highest BCUT2D eigenvalue weighted by molar-refractivity contribution is 5.93. The first kappa shape index (κ1) is 12.3. The lowest BCUT2D eigenvalue weighted by Crippen LogP contribution is -2.07. The number of ether oxygens (including phenoxy) is 2. The third-order valence-electron chi connectivity index (χ3n) is 2.30. The normalized spacial score (nSPS) is 10.8. The second-order valence-electron chi connectivity index (χ2n) is 3.55. The fraction of sp³-hybridized carbons (Fsp3) is 0.364. The number of fused-ring (bicyclic) bond motifs is 1. The minimum Gasteiger partial charge on any atom is -0.494 e. The van der Waals surface area contributed by atoms with Gasteiger partial charge in [-0.1, -0.05) is 0 Å². The van der Waals surface area contributed by atoms with Crippen molar-refractivity contribution in [3.63, 3.8) is 0 Å². The number of rotatable bonds is 4. The van der Waals surface area contributed by atoms with Crippen LogP contribution < -0.4 is 0 Å². The number of carbonyl (C=O) groups is 1. The predicted molar refractivity (Wildman–Crippen MR) is 61.3 cm³/mol. The van der Waals surface area contributed by atoms with Crippen molar-refractivity contribution >= 4 is 11.6 Å². The average molecular weight is 251 g/mol. The van der Waals surface area contributed by atoms with Gasteiger partial charge in [-0.25, -0.2) is 14.8 Å². The number of imidazole rings is 1.